The summed E-state index contributed by atoms with van der Waals surface area (Å²) in [6.07, 6.45) is -0.493. The van der Waals surface area contributed by atoms with E-state index in [9.17, 15) is 9.90 Å². The van der Waals surface area contributed by atoms with E-state index in [1.165, 1.54) is 4.90 Å². The van der Waals surface area contributed by atoms with E-state index in [2.05, 4.69) is 15.9 Å². The van der Waals surface area contributed by atoms with Crippen molar-refractivity contribution in [1.82, 2.24) is 4.90 Å². The number of aliphatic hydroxyl groups excluding tert-OH is 1. The quantitative estimate of drug-likeness (QED) is 0.775. The molecule has 0 bridgehead atoms. The Morgan fingerprint density at radius 2 is 2.00 bits per heavy atom. The molecule has 1 amide bonds. The third-order valence-electron chi connectivity index (χ3n) is 3.70. The van der Waals surface area contributed by atoms with E-state index >= 15 is 0 Å². The highest BCUT2D eigenvalue weighted by atomic mass is 79.9. The van der Waals surface area contributed by atoms with Crippen LogP contribution in [-0.4, -0.2) is 61.3 Å². The van der Waals surface area contributed by atoms with Crippen LogP contribution in [0.1, 0.15) is 6.92 Å². The van der Waals surface area contributed by atoms with Gasteiger partial charge in [-0.15, -0.1) is 0 Å². The maximum absolute atomic E-state index is 11.3. The first-order valence-corrected chi connectivity index (χ1v) is 7.99. The molecule has 1 aromatic carbocycles. The third-order valence-corrected chi connectivity index (χ3v) is 4.22. The number of piperazine rings is 1. The molecule has 1 atom stereocenters. The summed E-state index contributed by atoms with van der Waals surface area (Å²) >= 11 is 3.37. The number of ether oxygens (including phenoxy) is 1. The molecule has 0 unspecified atom stereocenters. The summed E-state index contributed by atoms with van der Waals surface area (Å²) in [6, 6.07) is 7.56. The topological polar surface area (TPSA) is 54.2 Å². The number of hydrogen-bond acceptors (Lipinski definition) is 3. The average Bonchev–Trinajstić information content (AvgIpc) is 2.47. The normalized spacial score (nSPS) is 17.6. The molecular formula is C15H22BrN2O3+. The number of quaternary nitrogens is 1. The summed E-state index contributed by atoms with van der Waals surface area (Å²) < 4.78 is 6.58. The first-order valence-electron chi connectivity index (χ1n) is 7.20. The molecule has 1 aromatic rings. The Balaban J connectivity index is 1.69. The summed E-state index contributed by atoms with van der Waals surface area (Å²) in [5, 5.41) is 10.1. The molecule has 2 rings (SSSR count). The van der Waals surface area contributed by atoms with Crippen LogP contribution < -0.4 is 9.64 Å². The monoisotopic (exact) mass is 357 g/mol. The summed E-state index contributed by atoms with van der Waals surface area (Å²) in [6.45, 7) is 5.86. The summed E-state index contributed by atoms with van der Waals surface area (Å²) in [5.74, 6) is 0.891. The number of hydrogen-bond donors (Lipinski definition) is 2. The van der Waals surface area contributed by atoms with Crippen molar-refractivity contribution in [3.63, 3.8) is 0 Å². The molecule has 1 aliphatic rings. The molecular weight excluding hydrogens is 336 g/mol. The lowest BCUT2D eigenvalue weighted by Gasteiger charge is -2.32. The van der Waals surface area contributed by atoms with E-state index in [0.717, 1.165) is 36.4 Å². The van der Waals surface area contributed by atoms with Crippen molar-refractivity contribution in [3.8, 4) is 5.75 Å². The fourth-order valence-corrected chi connectivity index (χ4v) is 2.72. The van der Waals surface area contributed by atoms with Crippen molar-refractivity contribution in [3.05, 3.63) is 28.7 Å². The first-order chi connectivity index (χ1) is 10.0. The van der Waals surface area contributed by atoms with E-state index < -0.39 is 6.10 Å². The minimum Gasteiger partial charge on any atom is -0.491 e. The minimum absolute atomic E-state index is 0.133. The summed E-state index contributed by atoms with van der Waals surface area (Å²) in [4.78, 5) is 14.4. The predicted molar refractivity (Wildman–Crippen MR) is 83.5 cm³/mol. The van der Waals surface area contributed by atoms with Crippen LogP contribution in [0.3, 0.4) is 0 Å². The number of carbonyl (C=O) groups is 1. The van der Waals surface area contributed by atoms with Gasteiger partial charge in [0.05, 0.1) is 26.2 Å². The molecule has 0 aromatic heterocycles. The molecule has 0 spiro atoms. The Bertz CT molecular complexity index is 458. The lowest BCUT2D eigenvalue weighted by Crippen LogP contribution is -3.15. The second-order valence-electron chi connectivity index (χ2n) is 5.38. The Labute approximate surface area is 133 Å². The number of nitrogens with zero attached hydrogens (tertiary/aromatic N) is 1. The Hall–Kier alpha value is -1.11. The Morgan fingerprint density at radius 3 is 2.57 bits per heavy atom. The van der Waals surface area contributed by atoms with Gasteiger partial charge in [0.25, 0.3) is 0 Å². The van der Waals surface area contributed by atoms with Gasteiger partial charge in [0.1, 0.15) is 25.0 Å². The van der Waals surface area contributed by atoms with Gasteiger partial charge in [0, 0.05) is 11.4 Å². The van der Waals surface area contributed by atoms with E-state index in [-0.39, 0.29) is 5.91 Å². The van der Waals surface area contributed by atoms with Crippen molar-refractivity contribution in [2.24, 2.45) is 0 Å². The van der Waals surface area contributed by atoms with Gasteiger partial charge in [0.15, 0.2) is 0 Å². The molecule has 6 heteroatoms. The van der Waals surface area contributed by atoms with Crippen LogP contribution in [0.2, 0.25) is 0 Å². The number of halogens is 1. The van der Waals surface area contributed by atoms with Crippen LogP contribution in [0.4, 0.5) is 0 Å². The van der Waals surface area contributed by atoms with Crippen molar-refractivity contribution in [2.45, 2.75) is 13.0 Å². The second-order valence-corrected chi connectivity index (χ2v) is 6.29. The van der Waals surface area contributed by atoms with Crippen LogP contribution in [0, 0.1) is 0 Å². The van der Waals surface area contributed by atoms with Gasteiger partial charge in [-0.3, -0.25) is 4.79 Å². The molecule has 0 saturated carbocycles. The maximum atomic E-state index is 11.3. The maximum Gasteiger partial charge on any atom is 0.219 e. The third kappa shape index (κ3) is 5.30. The molecule has 1 saturated heterocycles. The van der Waals surface area contributed by atoms with Crippen LogP contribution >= 0.6 is 15.9 Å². The number of nitrogens with one attached hydrogen (secondary N) is 1. The smallest absolute Gasteiger partial charge is 0.219 e. The highest BCUT2D eigenvalue weighted by Crippen LogP contribution is 2.16. The summed E-state index contributed by atoms with van der Waals surface area (Å²) in [7, 11) is 0. The minimum atomic E-state index is -0.493. The van der Waals surface area contributed by atoms with Crippen molar-refractivity contribution < 1.29 is 19.5 Å². The Kier molecular flexibility index (Phi) is 6.02. The van der Waals surface area contributed by atoms with Gasteiger partial charge in [-0.2, -0.15) is 0 Å². The van der Waals surface area contributed by atoms with Gasteiger partial charge >= 0.3 is 0 Å². The molecule has 1 heterocycles. The molecule has 5 nitrogen and oxygen atoms in total. The van der Waals surface area contributed by atoms with E-state index in [0.29, 0.717) is 13.2 Å². The lowest BCUT2D eigenvalue weighted by molar-refractivity contribution is -0.907. The predicted octanol–water partition coefficient (Wildman–Crippen LogP) is -0.0642. The zero-order valence-corrected chi connectivity index (χ0v) is 13.8. The van der Waals surface area contributed by atoms with Gasteiger partial charge < -0.3 is 19.6 Å². The summed E-state index contributed by atoms with van der Waals surface area (Å²) in [5.41, 5.74) is 0. The SMILES string of the molecule is CC(=O)N1CC[NH+](C[C@H](O)COc2ccc(Br)cc2)CC1. The van der Waals surface area contributed by atoms with Crippen LogP contribution in [-0.2, 0) is 4.79 Å². The van der Waals surface area contributed by atoms with Crippen molar-refractivity contribution in [2.75, 3.05) is 39.3 Å². The van der Waals surface area contributed by atoms with Gasteiger partial charge in [-0.05, 0) is 24.3 Å². The van der Waals surface area contributed by atoms with Crippen LogP contribution in [0.25, 0.3) is 0 Å². The molecule has 0 aliphatic carbocycles. The van der Waals surface area contributed by atoms with Gasteiger partial charge in [-0.25, -0.2) is 0 Å². The molecule has 1 aliphatic heterocycles. The van der Waals surface area contributed by atoms with Crippen LogP contribution in [0.15, 0.2) is 28.7 Å². The lowest BCUT2D eigenvalue weighted by atomic mass is 10.2. The molecule has 116 valence electrons. The largest absolute Gasteiger partial charge is 0.491 e. The Morgan fingerprint density at radius 1 is 1.38 bits per heavy atom. The molecule has 0 radical (unpaired) electrons. The number of rotatable bonds is 5. The van der Waals surface area contributed by atoms with Gasteiger partial charge in [0.2, 0.25) is 5.91 Å². The number of aliphatic hydroxyl groups is 1. The number of carbonyl (C=O) groups excluding carboxylic acids is 1. The van der Waals surface area contributed by atoms with E-state index in [1.54, 1.807) is 6.92 Å². The first kappa shape index (κ1) is 16.3. The van der Waals surface area contributed by atoms with Crippen molar-refractivity contribution in [1.29, 1.82) is 0 Å². The highest BCUT2D eigenvalue weighted by molar-refractivity contribution is 9.10. The molecule has 21 heavy (non-hydrogen) atoms. The fraction of sp³-hybridized carbons (Fsp3) is 0.533. The molecule has 1 fully saturated rings. The zero-order chi connectivity index (χ0) is 15.2. The molecule has 2 N–H and O–H groups in total. The number of benzene rings is 1. The van der Waals surface area contributed by atoms with E-state index in [4.69, 9.17) is 4.74 Å². The van der Waals surface area contributed by atoms with Crippen LogP contribution in [0.5, 0.6) is 5.75 Å². The average molecular weight is 358 g/mol. The number of amides is 1. The van der Waals surface area contributed by atoms with E-state index in [1.807, 2.05) is 29.2 Å². The highest BCUT2D eigenvalue weighted by Gasteiger charge is 2.23. The standard InChI is InChI=1S/C15H21BrN2O3/c1-12(19)18-8-6-17(7-9-18)10-14(20)11-21-15-4-2-13(16)3-5-15/h2-5,14,20H,6-11H2,1H3/p+1/t14-/m0/s1. The second kappa shape index (κ2) is 7.77. The van der Waals surface area contributed by atoms with Crippen molar-refractivity contribution >= 4 is 21.8 Å². The fourth-order valence-electron chi connectivity index (χ4n) is 2.46. The van der Waals surface area contributed by atoms with Gasteiger partial charge in [-0.1, -0.05) is 15.9 Å². The zero-order valence-electron chi connectivity index (χ0n) is 12.2.